The number of likely N-dealkylation sites (tertiary alicyclic amines) is 1. The Labute approximate surface area is 160 Å². The molecule has 1 saturated carbocycles. The molecule has 3 atom stereocenters. The van der Waals surface area contributed by atoms with Gasteiger partial charge in [-0.25, -0.2) is 0 Å². The summed E-state index contributed by atoms with van der Waals surface area (Å²) in [5.41, 5.74) is 2.16. The summed E-state index contributed by atoms with van der Waals surface area (Å²) in [5.74, 6) is 0.546. The van der Waals surface area contributed by atoms with Crippen LogP contribution in [0.4, 0.5) is 0 Å². The van der Waals surface area contributed by atoms with E-state index in [1.807, 2.05) is 48.5 Å². The predicted octanol–water partition coefficient (Wildman–Crippen LogP) is 3.74. The molecule has 0 spiro atoms. The molecule has 0 aromatic heterocycles. The van der Waals surface area contributed by atoms with E-state index in [9.17, 15) is 9.59 Å². The number of Topliss-reactive ketones (excluding diaryl/α,β-unsaturated/α-hetero) is 1. The highest BCUT2D eigenvalue weighted by Crippen LogP contribution is 2.40. The van der Waals surface area contributed by atoms with E-state index >= 15 is 0 Å². The molecule has 2 aromatic rings. The van der Waals surface area contributed by atoms with Crippen LogP contribution in [0, 0.1) is 5.92 Å². The Morgan fingerprint density at radius 3 is 2.37 bits per heavy atom. The predicted molar refractivity (Wildman–Crippen MR) is 103 cm³/mol. The van der Waals surface area contributed by atoms with Crippen LogP contribution in [0.1, 0.15) is 36.8 Å². The van der Waals surface area contributed by atoms with Crippen molar-refractivity contribution in [2.45, 2.75) is 50.9 Å². The Hall–Kier alpha value is -2.46. The first-order chi connectivity index (χ1) is 13.2. The van der Waals surface area contributed by atoms with Crippen LogP contribution >= 0.6 is 0 Å². The van der Waals surface area contributed by atoms with Crippen molar-refractivity contribution in [1.82, 2.24) is 4.90 Å². The summed E-state index contributed by atoms with van der Waals surface area (Å²) in [7, 11) is 0. The topological polar surface area (TPSA) is 46.6 Å². The van der Waals surface area contributed by atoms with Gasteiger partial charge in [0.25, 0.3) is 0 Å². The van der Waals surface area contributed by atoms with E-state index in [1.165, 1.54) is 0 Å². The van der Waals surface area contributed by atoms with Crippen molar-refractivity contribution in [1.29, 1.82) is 0 Å². The maximum absolute atomic E-state index is 12.9. The lowest BCUT2D eigenvalue weighted by atomic mass is 9.84. The zero-order valence-electron chi connectivity index (χ0n) is 15.4. The Kier molecular flexibility index (Phi) is 5.35. The van der Waals surface area contributed by atoms with Crippen molar-refractivity contribution in [3.05, 3.63) is 71.8 Å². The van der Waals surface area contributed by atoms with Gasteiger partial charge in [-0.2, -0.15) is 0 Å². The number of hydrogen-bond donors (Lipinski definition) is 0. The van der Waals surface area contributed by atoms with Crippen LogP contribution in [0.25, 0.3) is 0 Å². The largest absolute Gasteiger partial charge is 0.460 e. The minimum absolute atomic E-state index is 0.153. The highest BCUT2D eigenvalue weighted by molar-refractivity contribution is 5.81. The first-order valence-corrected chi connectivity index (χ1v) is 9.72. The molecule has 2 fully saturated rings. The molecule has 1 aliphatic heterocycles. The number of benzene rings is 2. The number of hydrogen-bond acceptors (Lipinski definition) is 4. The molecule has 0 amide bonds. The van der Waals surface area contributed by atoms with E-state index in [0.717, 1.165) is 24.0 Å². The van der Waals surface area contributed by atoms with Gasteiger partial charge in [-0.15, -0.1) is 0 Å². The highest BCUT2D eigenvalue weighted by atomic mass is 16.5. The molecule has 4 nitrogen and oxygen atoms in total. The van der Waals surface area contributed by atoms with Gasteiger partial charge in [-0.3, -0.25) is 14.5 Å². The summed E-state index contributed by atoms with van der Waals surface area (Å²) in [6.07, 6.45) is 2.88. The molecule has 0 bridgehead atoms. The summed E-state index contributed by atoms with van der Waals surface area (Å²) < 4.78 is 5.65. The summed E-state index contributed by atoms with van der Waals surface area (Å²) >= 11 is 0. The maximum atomic E-state index is 12.9. The minimum Gasteiger partial charge on any atom is -0.460 e. The standard InChI is InChI=1S/C23H25NO3/c25-20-12-11-19-13-22(23(26)27-16-18-9-5-2-6-10-18)24(21(19)14-20)15-17-7-3-1-4-8-17/h1-10,19,21-22H,11-16H2/t19-,21-,22?/m1/s1. The summed E-state index contributed by atoms with van der Waals surface area (Å²) in [6, 6.07) is 19.8. The van der Waals surface area contributed by atoms with Crippen LogP contribution in [0.2, 0.25) is 0 Å². The first kappa shape index (κ1) is 17.9. The second-order valence-corrected chi connectivity index (χ2v) is 7.61. The van der Waals surface area contributed by atoms with E-state index in [0.29, 0.717) is 37.7 Å². The van der Waals surface area contributed by atoms with Crippen molar-refractivity contribution in [2.75, 3.05) is 0 Å². The lowest BCUT2D eigenvalue weighted by Gasteiger charge is -2.32. The number of rotatable bonds is 5. The number of carbonyl (C=O) groups is 2. The molecule has 27 heavy (non-hydrogen) atoms. The van der Waals surface area contributed by atoms with Gasteiger partial charge in [0.1, 0.15) is 18.4 Å². The zero-order valence-corrected chi connectivity index (χ0v) is 15.4. The third kappa shape index (κ3) is 4.11. The molecule has 1 aliphatic carbocycles. The van der Waals surface area contributed by atoms with Crippen LogP contribution in [0.3, 0.4) is 0 Å². The molecular weight excluding hydrogens is 338 g/mol. The quantitative estimate of drug-likeness (QED) is 0.759. The van der Waals surface area contributed by atoms with Crippen LogP contribution < -0.4 is 0 Å². The number of ether oxygens (including phenoxy) is 1. The average Bonchev–Trinajstić information content (AvgIpc) is 3.05. The van der Waals surface area contributed by atoms with Gasteiger partial charge in [-0.1, -0.05) is 60.7 Å². The molecule has 0 N–H and O–H groups in total. The molecule has 2 aromatic carbocycles. The van der Waals surface area contributed by atoms with Gasteiger partial charge in [-0.05, 0) is 29.9 Å². The van der Waals surface area contributed by atoms with Crippen molar-refractivity contribution < 1.29 is 14.3 Å². The first-order valence-electron chi connectivity index (χ1n) is 9.72. The van der Waals surface area contributed by atoms with Crippen LogP contribution in [-0.4, -0.2) is 28.7 Å². The Morgan fingerprint density at radius 2 is 1.67 bits per heavy atom. The van der Waals surface area contributed by atoms with E-state index in [2.05, 4.69) is 17.0 Å². The number of fused-ring (bicyclic) bond motifs is 1. The maximum Gasteiger partial charge on any atom is 0.323 e. The van der Waals surface area contributed by atoms with E-state index in [4.69, 9.17) is 4.74 Å². The number of esters is 1. The summed E-state index contributed by atoms with van der Waals surface area (Å²) in [5, 5.41) is 0. The highest BCUT2D eigenvalue weighted by Gasteiger charge is 2.47. The second-order valence-electron chi connectivity index (χ2n) is 7.61. The van der Waals surface area contributed by atoms with Crippen LogP contribution in [0.15, 0.2) is 60.7 Å². The Morgan fingerprint density at radius 1 is 1.00 bits per heavy atom. The molecule has 1 unspecified atom stereocenters. The molecule has 4 heteroatoms. The third-order valence-electron chi connectivity index (χ3n) is 5.83. The van der Waals surface area contributed by atoms with Gasteiger partial charge in [0.2, 0.25) is 0 Å². The second kappa shape index (κ2) is 8.05. The minimum atomic E-state index is -0.269. The molecule has 140 valence electrons. The lowest BCUT2D eigenvalue weighted by Crippen LogP contribution is -2.43. The van der Waals surface area contributed by atoms with Crippen molar-refractivity contribution in [2.24, 2.45) is 5.92 Å². The van der Waals surface area contributed by atoms with Crippen LogP contribution in [-0.2, 0) is 27.5 Å². The smallest absolute Gasteiger partial charge is 0.323 e. The summed E-state index contributed by atoms with van der Waals surface area (Å²) in [4.78, 5) is 27.2. The van der Waals surface area contributed by atoms with E-state index < -0.39 is 0 Å². The Bertz CT molecular complexity index is 790. The van der Waals surface area contributed by atoms with Gasteiger partial charge in [0.15, 0.2) is 0 Å². The molecular formula is C23H25NO3. The fourth-order valence-corrected chi connectivity index (χ4v) is 4.44. The van der Waals surface area contributed by atoms with Crippen molar-refractivity contribution >= 4 is 11.8 Å². The van der Waals surface area contributed by atoms with Crippen molar-refractivity contribution in [3.8, 4) is 0 Å². The monoisotopic (exact) mass is 363 g/mol. The number of nitrogens with zero attached hydrogens (tertiary/aromatic N) is 1. The molecule has 1 saturated heterocycles. The summed E-state index contributed by atoms with van der Waals surface area (Å²) in [6.45, 7) is 0.976. The van der Waals surface area contributed by atoms with E-state index in [-0.39, 0.29) is 18.1 Å². The van der Waals surface area contributed by atoms with Gasteiger partial charge in [0.05, 0.1) is 0 Å². The Balaban J connectivity index is 1.49. The molecule has 0 radical (unpaired) electrons. The van der Waals surface area contributed by atoms with Gasteiger partial charge in [0, 0.05) is 25.4 Å². The lowest BCUT2D eigenvalue weighted by molar-refractivity contribution is -0.151. The molecule has 1 heterocycles. The zero-order chi connectivity index (χ0) is 18.6. The normalized spacial score (nSPS) is 25.2. The number of ketones is 1. The SMILES string of the molecule is O=C1CC[C@@H]2CC(C(=O)OCc3ccccc3)N(Cc3ccccc3)[C@@H]2C1. The van der Waals surface area contributed by atoms with Gasteiger partial charge < -0.3 is 4.74 Å². The van der Waals surface area contributed by atoms with Gasteiger partial charge >= 0.3 is 5.97 Å². The molecule has 2 aliphatic rings. The third-order valence-corrected chi connectivity index (χ3v) is 5.83. The fourth-order valence-electron chi connectivity index (χ4n) is 4.44. The average molecular weight is 363 g/mol. The number of carbonyl (C=O) groups excluding carboxylic acids is 2. The fraction of sp³-hybridized carbons (Fsp3) is 0.391. The van der Waals surface area contributed by atoms with E-state index in [1.54, 1.807) is 0 Å². The van der Waals surface area contributed by atoms with Crippen molar-refractivity contribution in [3.63, 3.8) is 0 Å². The van der Waals surface area contributed by atoms with Crippen LogP contribution in [0.5, 0.6) is 0 Å². The molecule has 4 rings (SSSR count).